The predicted octanol–water partition coefficient (Wildman–Crippen LogP) is 1.97. The van der Waals surface area contributed by atoms with Crippen molar-refractivity contribution in [3.05, 3.63) is 65.5 Å². The zero-order chi connectivity index (χ0) is 19.5. The summed E-state index contributed by atoms with van der Waals surface area (Å²) in [4.78, 5) is 15.8. The first-order chi connectivity index (χ1) is 13.1. The van der Waals surface area contributed by atoms with E-state index in [2.05, 4.69) is 20.9 Å². The first kappa shape index (κ1) is 20.2. The Hall–Kier alpha value is -3.09. The van der Waals surface area contributed by atoms with Crippen LogP contribution in [0.25, 0.3) is 0 Å². The van der Waals surface area contributed by atoms with Gasteiger partial charge in [-0.25, -0.2) is 4.39 Å². The van der Waals surface area contributed by atoms with Gasteiger partial charge in [-0.15, -0.1) is 0 Å². The zero-order valence-corrected chi connectivity index (χ0v) is 15.6. The number of nitrogens with zero attached hydrogens (tertiary/aromatic N) is 1. The molecule has 0 aliphatic rings. The Bertz CT molecular complexity index is 780. The van der Waals surface area contributed by atoms with Crippen LogP contribution in [-0.4, -0.2) is 45.7 Å². The van der Waals surface area contributed by atoms with E-state index in [4.69, 9.17) is 4.74 Å². The number of rotatable bonds is 8. The minimum atomic E-state index is -0.321. The number of nitrogens with one attached hydrogen (secondary N) is 3. The number of carbonyl (C=O) groups excluding carboxylic acids is 1. The Morgan fingerprint density at radius 2 is 1.89 bits per heavy atom. The van der Waals surface area contributed by atoms with Crippen molar-refractivity contribution in [3.8, 4) is 5.75 Å². The predicted molar refractivity (Wildman–Crippen MR) is 105 cm³/mol. The lowest BCUT2D eigenvalue weighted by atomic mass is 10.1. The van der Waals surface area contributed by atoms with Crippen LogP contribution in [0.2, 0.25) is 0 Å². The van der Waals surface area contributed by atoms with Crippen LogP contribution in [0.1, 0.15) is 15.9 Å². The van der Waals surface area contributed by atoms with Gasteiger partial charge in [0.25, 0.3) is 5.91 Å². The van der Waals surface area contributed by atoms with E-state index in [0.717, 1.165) is 12.0 Å². The molecule has 0 aromatic heterocycles. The Morgan fingerprint density at radius 1 is 1.11 bits per heavy atom. The summed E-state index contributed by atoms with van der Waals surface area (Å²) in [5, 5.41) is 8.97. The van der Waals surface area contributed by atoms with Gasteiger partial charge >= 0.3 is 0 Å². The molecule has 1 amide bonds. The van der Waals surface area contributed by atoms with Crippen LogP contribution in [0, 0.1) is 5.82 Å². The molecule has 0 saturated carbocycles. The van der Waals surface area contributed by atoms with Crippen molar-refractivity contribution in [2.24, 2.45) is 4.99 Å². The van der Waals surface area contributed by atoms with Crippen LogP contribution in [0.5, 0.6) is 5.75 Å². The molecule has 0 saturated heterocycles. The maximum atomic E-state index is 13.1. The van der Waals surface area contributed by atoms with Gasteiger partial charge in [0, 0.05) is 32.3 Å². The van der Waals surface area contributed by atoms with E-state index in [-0.39, 0.29) is 11.7 Å². The first-order valence-corrected chi connectivity index (χ1v) is 8.76. The van der Waals surface area contributed by atoms with Crippen molar-refractivity contribution in [3.63, 3.8) is 0 Å². The molecule has 2 aromatic rings. The van der Waals surface area contributed by atoms with E-state index in [1.165, 1.54) is 12.1 Å². The second-order valence-corrected chi connectivity index (χ2v) is 5.76. The molecule has 0 heterocycles. The van der Waals surface area contributed by atoms with Gasteiger partial charge in [0.05, 0.1) is 6.54 Å². The van der Waals surface area contributed by atoms with E-state index in [9.17, 15) is 9.18 Å². The van der Waals surface area contributed by atoms with E-state index in [1.807, 2.05) is 18.2 Å². The molecule has 7 heteroatoms. The smallest absolute Gasteiger partial charge is 0.251 e. The summed E-state index contributed by atoms with van der Waals surface area (Å²) >= 11 is 0. The second kappa shape index (κ2) is 10.8. The molecule has 6 nitrogen and oxygen atoms in total. The molecule has 27 heavy (non-hydrogen) atoms. The maximum absolute atomic E-state index is 13.1. The molecular formula is C20H25FN4O2. The van der Waals surface area contributed by atoms with E-state index in [0.29, 0.717) is 37.0 Å². The number of carbonyl (C=O) groups is 1. The van der Waals surface area contributed by atoms with Gasteiger partial charge in [0.1, 0.15) is 18.2 Å². The zero-order valence-electron chi connectivity index (χ0n) is 15.6. The Kier molecular flexibility index (Phi) is 8.09. The number of halogens is 1. The van der Waals surface area contributed by atoms with Gasteiger partial charge < -0.3 is 20.7 Å². The Morgan fingerprint density at radius 3 is 2.63 bits per heavy atom. The van der Waals surface area contributed by atoms with Gasteiger partial charge in [-0.3, -0.25) is 9.79 Å². The highest BCUT2D eigenvalue weighted by atomic mass is 19.1. The summed E-state index contributed by atoms with van der Waals surface area (Å²) < 4.78 is 18.6. The van der Waals surface area contributed by atoms with Crippen LogP contribution < -0.4 is 20.7 Å². The summed E-state index contributed by atoms with van der Waals surface area (Å²) in [7, 11) is 3.30. The number of hydrogen-bond acceptors (Lipinski definition) is 3. The van der Waals surface area contributed by atoms with Crippen LogP contribution >= 0.6 is 0 Å². The summed E-state index contributed by atoms with van der Waals surface area (Å²) in [6.07, 6.45) is 0.755. The lowest BCUT2D eigenvalue weighted by molar-refractivity contribution is 0.0963. The summed E-state index contributed by atoms with van der Waals surface area (Å²) in [6.45, 7) is 1.59. The van der Waals surface area contributed by atoms with Crippen molar-refractivity contribution in [2.75, 3.05) is 33.8 Å². The van der Waals surface area contributed by atoms with Crippen LogP contribution in [0.3, 0.4) is 0 Å². The normalized spacial score (nSPS) is 11.0. The molecule has 2 aromatic carbocycles. The quantitative estimate of drug-likeness (QED) is 0.376. The molecule has 0 radical (unpaired) electrons. The van der Waals surface area contributed by atoms with Crippen molar-refractivity contribution in [1.82, 2.24) is 16.0 Å². The molecule has 0 unspecified atom stereocenters. The number of guanidine groups is 1. The van der Waals surface area contributed by atoms with Gasteiger partial charge in [-0.05, 0) is 36.2 Å². The number of hydrogen-bond donors (Lipinski definition) is 3. The van der Waals surface area contributed by atoms with Gasteiger partial charge in [-0.1, -0.05) is 18.2 Å². The fourth-order valence-corrected chi connectivity index (χ4v) is 2.45. The topological polar surface area (TPSA) is 74.8 Å². The van der Waals surface area contributed by atoms with Crippen molar-refractivity contribution in [1.29, 1.82) is 0 Å². The molecular weight excluding hydrogens is 347 g/mol. The molecule has 2 rings (SSSR count). The highest BCUT2D eigenvalue weighted by Crippen LogP contribution is 2.11. The molecule has 3 N–H and O–H groups in total. The average Bonchev–Trinajstić information content (AvgIpc) is 2.69. The lowest BCUT2D eigenvalue weighted by Gasteiger charge is -2.13. The summed E-state index contributed by atoms with van der Waals surface area (Å²) in [6, 6.07) is 13.6. The average molecular weight is 372 g/mol. The lowest BCUT2D eigenvalue weighted by Crippen LogP contribution is -2.40. The van der Waals surface area contributed by atoms with Crippen LogP contribution in [0.4, 0.5) is 4.39 Å². The van der Waals surface area contributed by atoms with Crippen molar-refractivity contribution in [2.45, 2.75) is 6.42 Å². The monoisotopic (exact) mass is 372 g/mol. The number of aliphatic imine (C=N–C) groups is 1. The van der Waals surface area contributed by atoms with Crippen LogP contribution in [-0.2, 0) is 6.42 Å². The third-order valence-corrected chi connectivity index (χ3v) is 3.81. The van der Waals surface area contributed by atoms with Gasteiger partial charge in [0.15, 0.2) is 5.96 Å². The fourth-order valence-electron chi connectivity index (χ4n) is 2.45. The highest BCUT2D eigenvalue weighted by molar-refractivity contribution is 5.94. The number of benzene rings is 2. The summed E-state index contributed by atoms with van der Waals surface area (Å²) in [5.74, 6) is 0.732. The number of amides is 1. The van der Waals surface area contributed by atoms with Crippen LogP contribution in [0.15, 0.2) is 53.5 Å². The van der Waals surface area contributed by atoms with E-state index >= 15 is 0 Å². The maximum Gasteiger partial charge on any atom is 0.251 e. The van der Waals surface area contributed by atoms with E-state index < -0.39 is 0 Å². The third kappa shape index (κ3) is 6.97. The molecule has 0 aliphatic heterocycles. The summed E-state index contributed by atoms with van der Waals surface area (Å²) in [5.41, 5.74) is 1.71. The fraction of sp³-hybridized carbons (Fsp3) is 0.300. The second-order valence-electron chi connectivity index (χ2n) is 5.76. The largest absolute Gasteiger partial charge is 0.492 e. The molecule has 0 bridgehead atoms. The van der Waals surface area contributed by atoms with Crippen molar-refractivity contribution < 1.29 is 13.9 Å². The molecule has 0 fully saturated rings. The molecule has 0 spiro atoms. The Labute approximate surface area is 158 Å². The standard InChI is InChI=1S/C20H25FN4O2/c1-22-19(26)16-6-3-5-15(13-16)9-10-24-20(23-2)25-11-12-27-18-8-4-7-17(21)14-18/h3-8,13-14H,9-12H2,1-2H3,(H,22,26)(H2,23,24,25). The molecule has 0 aliphatic carbocycles. The van der Waals surface area contributed by atoms with Gasteiger partial charge in [-0.2, -0.15) is 0 Å². The van der Waals surface area contributed by atoms with Gasteiger partial charge in [0.2, 0.25) is 0 Å². The van der Waals surface area contributed by atoms with Crippen molar-refractivity contribution >= 4 is 11.9 Å². The minimum absolute atomic E-state index is 0.0967. The van der Waals surface area contributed by atoms with E-state index in [1.54, 1.807) is 32.3 Å². The Balaban J connectivity index is 1.70. The molecule has 144 valence electrons. The third-order valence-electron chi connectivity index (χ3n) is 3.81. The highest BCUT2D eigenvalue weighted by Gasteiger charge is 2.04. The molecule has 0 atom stereocenters. The minimum Gasteiger partial charge on any atom is -0.492 e. The SMILES string of the molecule is CN=C(NCCOc1cccc(F)c1)NCCc1cccc(C(=O)NC)c1. The first-order valence-electron chi connectivity index (χ1n) is 8.76. The number of ether oxygens (including phenoxy) is 1.